The van der Waals surface area contributed by atoms with Crippen LogP contribution in [0.1, 0.15) is 39.0 Å². The van der Waals surface area contributed by atoms with Gasteiger partial charge in [-0.05, 0) is 51.7 Å². The molecule has 0 saturated heterocycles. The molecule has 1 aliphatic rings. The van der Waals surface area contributed by atoms with Crippen LogP contribution in [0.4, 0.5) is 0 Å². The molecule has 1 fully saturated rings. The summed E-state index contributed by atoms with van der Waals surface area (Å²) in [7, 11) is 4.43. The summed E-state index contributed by atoms with van der Waals surface area (Å²) in [4.78, 5) is 2.40. The molecule has 1 rings (SSSR count). The monoisotopic (exact) mass is 198 g/mol. The van der Waals surface area contributed by atoms with Gasteiger partial charge in [-0.15, -0.1) is 0 Å². The van der Waals surface area contributed by atoms with Crippen molar-refractivity contribution in [3.8, 4) is 0 Å². The topological polar surface area (TPSA) is 29.3 Å². The zero-order chi connectivity index (χ0) is 10.6. The van der Waals surface area contributed by atoms with Gasteiger partial charge in [0.15, 0.2) is 0 Å². The summed E-state index contributed by atoms with van der Waals surface area (Å²) in [6.45, 7) is 3.10. The Morgan fingerprint density at radius 1 is 1.29 bits per heavy atom. The van der Waals surface area contributed by atoms with Crippen LogP contribution in [0.2, 0.25) is 0 Å². The van der Waals surface area contributed by atoms with Crippen molar-refractivity contribution in [1.82, 2.24) is 4.90 Å². The van der Waals surface area contributed by atoms with E-state index < -0.39 is 0 Å². The molecule has 0 aliphatic heterocycles. The molecule has 0 heterocycles. The van der Waals surface area contributed by atoms with Crippen LogP contribution in [0.25, 0.3) is 0 Å². The van der Waals surface area contributed by atoms with Gasteiger partial charge < -0.3 is 10.6 Å². The zero-order valence-electron chi connectivity index (χ0n) is 10.00. The molecule has 2 nitrogen and oxygen atoms in total. The van der Waals surface area contributed by atoms with E-state index in [0.29, 0.717) is 5.92 Å². The Balaban J connectivity index is 2.45. The molecule has 14 heavy (non-hydrogen) atoms. The van der Waals surface area contributed by atoms with Crippen LogP contribution in [0.15, 0.2) is 0 Å². The molecule has 0 amide bonds. The maximum atomic E-state index is 5.70. The van der Waals surface area contributed by atoms with E-state index in [9.17, 15) is 0 Å². The van der Waals surface area contributed by atoms with Gasteiger partial charge in [-0.2, -0.15) is 0 Å². The maximum Gasteiger partial charge on any atom is 0.0120 e. The van der Waals surface area contributed by atoms with E-state index in [2.05, 4.69) is 25.9 Å². The van der Waals surface area contributed by atoms with Gasteiger partial charge in [0.05, 0.1) is 0 Å². The summed E-state index contributed by atoms with van der Waals surface area (Å²) >= 11 is 0. The molecular weight excluding hydrogens is 172 g/mol. The molecule has 0 radical (unpaired) electrons. The van der Waals surface area contributed by atoms with Crippen molar-refractivity contribution in [3.63, 3.8) is 0 Å². The highest BCUT2D eigenvalue weighted by Gasteiger charge is 2.27. The molecule has 2 heteroatoms. The Hall–Kier alpha value is -0.0800. The number of nitrogens with zero attached hydrogens (tertiary/aromatic N) is 1. The molecule has 2 N–H and O–H groups in total. The van der Waals surface area contributed by atoms with Gasteiger partial charge in [0.1, 0.15) is 0 Å². The van der Waals surface area contributed by atoms with Gasteiger partial charge in [-0.3, -0.25) is 0 Å². The Morgan fingerprint density at radius 2 is 1.86 bits per heavy atom. The molecule has 0 spiro atoms. The van der Waals surface area contributed by atoms with E-state index in [-0.39, 0.29) is 0 Å². The van der Waals surface area contributed by atoms with Gasteiger partial charge in [-0.1, -0.05) is 19.8 Å². The Labute approximate surface area is 88.8 Å². The third-order valence-corrected chi connectivity index (χ3v) is 3.65. The molecule has 2 atom stereocenters. The molecule has 0 aromatic carbocycles. The minimum Gasteiger partial charge on any atom is -0.330 e. The van der Waals surface area contributed by atoms with E-state index in [4.69, 9.17) is 5.73 Å². The van der Waals surface area contributed by atoms with Crippen molar-refractivity contribution < 1.29 is 0 Å². The highest BCUT2D eigenvalue weighted by atomic mass is 15.1. The number of hydrogen-bond acceptors (Lipinski definition) is 2. The van der Waals surface area contributed by atoms with Crippen LogP contribution >= 0.6 is 0 Å². The van der Waals surface area contributed by atoms with Crippen LogP contribution in [0, 0.1) is 11.8 Å². The number of nitrogens with two attached hydrogens (primary N) is 1. The standard InChI is InChI=1S/C12H26N2/c1-10(9-13)8-12(14(2)3)11-6-4-5-7-11/h10-12H,4-9,13H2,1-3H3. The van der Waals surface area contributed by atoms with Crippen molar-refractivity contribution >= 4 is 0 Å². The van der Waals surface area contributed by atoms with E-state index >= 15 is 0 Å². The van der Waals surface area contributed by atoms with Crippen LogP contribution in [0.5, 0.6) is 0 Å². The third kappa shape index (κ3) is 3.25. The molecule has 2 unspecified atom stereocenters. The first-order chi connectivity index (χ1) is 6.65. The minimum absolute atomic E-state index is 0.669. The van der Waals surface area contributed by atoms with Gasteiger partial charge in [0.2, 0.25) is 0 Å². The molecule has 0 aromatic rings. The summed E-state index contributed by atoms with van der Waals surface area (Å²) in [6.07, 6.45) is 7.01. The minimum atomic E-state index is 0.669. The second-order valence-corrected chi connectivity index (χ2v) is 5.15. The number of rotatable bonds is 5. The lowest BCUT2D eigenvalue weighted by molar-refractivity contribution is 0.179. The van der Waals surface area contributed by atoms with Crippen molar-refractivity contribution in [2.24, 2.45) is 17.6 Å². The highest BCUT2D eigenvalue weighted by molar-refractivity contribution is 4.81. The first-order valence-electron chi connectivity index (χ1n) is 6.01. The average molecular weight is 198 g/mol. The second kappa shape index (κ2) is 5.72. The number of hydrogen-bond donors (Lipinski definition) is 1. The van der Waals surface area contributed by atoms with Gasteiger partial charge in [-0.25, -0.2) is 0 Å². The summed E-state index contributed by atoms with van der Waals surface area (Å²) in [5.41, 5.74) is 5.70. The van der Waals surface area contributed by atoms with Crippen molar-refractivity contribution in [2.45, 2.75) is 45.1 Å². The molecule has 84 valence electrons. The summed E-state index contributed by atoms with van der Waals surface area (Å²) in [5.74, 6) is 1.60. The van der Waals surface area contributed by atoms with Crippen LogP contribution < -0.4 is 5.73 Å². The van der Waals surface area contributed by atoms with Crippen molar-refractivity contribution in [2.75, 3.05) is 20.6 Å². The third-order valence-electron chi connectivity index (χ3n) is 3.65. The SMILES string of the molecule is CC(CN)CC(C1CCCC1)N(C)C. The fourth-order valence-corrected chi connectivity index (χ4v) is 2.68. The molecule has 1 aliphatic carbocycles. The molecule has 0 aromatic heterocycles. The fourth-order valence-electron chi connectivity index (χ4n) is 2.68. The Bertz CT molecular complexity index is 150. The summed E-state index contributed by atoms with van der Waals surface area (Å²) < 4.78 is 0. The van der Waals surface area contributed by atoms with E-state index in [1.165, 1.54) is 32.1 Å². The predicted octanol–water partition coefficient (Wildman–Crippen LogP) is 2.09. The molecular formula is C12H26N2. The lowest BCUT2D eigenvalue weighted by Crippen LogP contribution is -2.36. The van der Waals surface area contributed by atoms with E-state index in [1.807, 2.05) is 0 Å². The quantitative estimate of drug-likeness (QED) is 0.733. The summed E-state index contributed by atoms with van der Waals surface area (Å²) in [6, 6.07) is 0.760. The average Bonchev–Trinajstić information content (AvgIpc) is 2.65. The maximum absolute atomic E-state index is 5.70. The zero-order valence-corrected chi connectivity index (χ0v) is 10.00. The molecule has 1 saturated carbocycles. The fraction of sp³-hybridized carbons (Fsp3) is 1.00. The second-order valence-electron chi connectivity index (χ2n) is 5.15. The lowest BCUT2D eigenvalue weighted by Gasteiger charge is -2.31. The molecule has 0 bridgehead atoms. The first-order valence-corrected chi connectivity index (χ1v) is 6.01. The highest BCUT2D eigenvalue weighted by Crippen LogP contribution is 2.32. The van der Waals surface area contributed by atoms with Crippen molar-refractivity contribution in [1.29, 1.82) is 0 Å². The van der Waals surface area contributed by atoms with Crippen LogP contribution in [-0.4, -0.2) is 31.6 Å². The van der Waals surface area contributed by atoms with Crippen molar-refractivity contribution in [3.05, 3.63) is 0 Å². The van der Waals surface area contributed by atoms with Crippen LogP contribution in [0.3, 0.4) is 0 Å². The normalized spacial score (nSPS) is 22.9. The van der Waals surface area contributed by atoms with Gasteiger partial charge in [0.25, 0.3) is 0 Å². The van der Waals surface area contributed by atoms with Gasteiger partial charge in [0, 0.05) is 6.04 Å². The largest absolute Gasteiger partial charge is 0.330 e. The first kappa shape index (κ1) is 12.0. The van der Waals surface area contributed by atoms with E-state index in [1.54, 1.807) is 0 Å². The lowest BCUT2D eigenvalue weighted by atomic mass is 9.89. The van der Waals surface area contributed by atoms with Crippen LogP contribution in [-0.2, 0) is 0 Å². The summed E-state index contributed by atoms with van der Waals surface area (Å²) in [5, 5.41) is 0. The Kier molecular flexibility index (Phi) is 4.90. The Morgan fingerprint density at radius 3 is 2.29 bits per heavy atom. The van der Waals surface area contributed by atoms with Gasteiger partial charge >= 0.3 is 0 Å². The smallest absolute Gasteiger partial charge is 0.0120 e. The van der Waals surface area contributed by atoms with E-state index in [0.717, 1.165) is 18.5 Å². The predicted molar refractivity (Wildman–Crippen MR) is 62.3 cm³/mol.